The Bertz CT molecular complexity index is 1320. The van der Waals surface area contributed by atoms with Crippen molar-refractivity contribution in [1.82, 2.24) is 0 Å². The van der Waals surface area contributed by atoms with E-state index in [1.807, 2.05) is 36.5 Å². The first-order valence-electron chi connectivity index (χ1n) is 22.9. The van der Waals surface area contributed by atoms with Crippen LogP contribution < -0.4 is 0 Å². The first-order chi connectivity index (χ1) is 30.0. The van der Waals surface area contributed by atoms with Crippen molar-refractivity contribution in [2.75, 3.05) is 26.4 Å². The summed E-state index contributed by atoms with van der Waals surface area (Å²) in [4.78, 5) is 25.6. The van der Waals surface area contributed by atoms with Gasteiger partial charge in [0.15, 0.2) is 18.7 Å². The Hall–Kier alpha value is -2.80. The number of allylic oxidation sites excluding steroid dienone is 10. The molecule has 2 heterocycles. The normalized spacial score (nSPS) is 27.6. The molecule has 62 heavy (non-hydrogen) atoms. The van der Waals surface area contributed by atoms with E-state index < -0.39 is 99.3 Å². The lowest BCUT2D eigenvalue weighted by Crippen LogP contribution is -2.61. The number of hydrogen-bond donors (Lipinski definition) is 7. The highest BCUT2D eigenvalue weighted by atomic mass is 16.7. The number of aliphatic hydroxyl groups excluding tert-OH is 7. The molecule has 2 fully saturated rings. The predicted molar refractivity (Wildman–Crippen MR) is 233 cm³/mol. The van der Waals surface area contributed by atoms with Crippen LogP contribution in [0.2, 0.25) is 0 Å². The molecule has 5 unspecified atom stereocenters. The maximum absolute atomic E-state index is 12.9. The van der Waals surface area contributed by atoms with Crippen LogP contribution in [0.3, 0.4) is 0 Å². The van der Waals surface area contributed by atoms with Gasteiger partial charge in [-0.3, -0.25) is 9.59 Å². The Balaban J connectivity index is 1.89. The van der Waals surface area contributed by atoms with Crippen molar-refractivity contribution in [2.24, 2.45) is 0 Å². The maximum atomic E-state index is 12.9. The number of aliphatic hydroxyl groups is 7. The molecule has 0 aromatic carbocycles. The van der Waals surface area contributed by atoms with Crippen LogP contribution in [0.1, 0.15) is 129 Å². The molecule has 7 N–H and O–H groups in total. The largest absolute Gasteiger partial charge is 0.462 e. The average molecular weight is 883 g/mol. The molecule has 2 rings (SSSR count). The molecule has 0 aromatic heterocycles. The van der Waals surface area contributed by atoms with Gasteiger partial charge < -0.3 is 64.2 Å². The van der Waals surface area contributed by atoms with E-state index in [1.165, 1.54) is 38.5 Å². The fourth-order valence-electron chi connectivity index (χ4n) is 6.74. The van der Waals surface area contributed by atoms with Gasteiger partial charge in [-0.05, 0) is 51.4 Å². The van der Waals surface area contributed by atoms with Crippen LogP contribution >= 0.6 is 0 Å². The van der Waals surface area contributed by atoms with Crippen molar-refractivity contribution < 1.29 is 73.8 Å². The molecule has 0 saturated carbocycles. The first kappa shape index (κ1) is 55.3. The van der Waals surface area contributed by atoms with Gasteiger partial charge in [0.05, 0.1) is 19.8 Å². The Morgan fingerprint density at radius 3 is 1.77 bits per heavy atom. The van der Waals surface area contributed by atoms with Gasteiger partial charge in [0.2, 0.25) is 0 Å². The number of unbranched alkanes of at least 4 members (excludes halogenated alkanes) is 11. The number of esters is 2. The minimum atomic E-state index is -1.78. The Kier molecular flexibility index (Phi) is 30.9. The van der Waals surface area contributed by atoms with Gasteiger partial charge in [0.1, 0.15) is 55.4 Å². The zero-order valence-corrected chi connectivity index (χ0v) is 37.1. The van der Waals surface area contributed by atoms with E-state index in [0.29, 0.717) is 12.8 Å². The molecular weight excluding hydrogens is 805 g/mol. The Morgan fingerprint density at radius 1 is 0.548 bits per heavy atom. The van der Waals surface area contributed by atoms with E-state index in [9.17, 15) is 45.3 Å². The second kappa shape index (κ2) is 34.6. The standard InChI is InChI=1S/C47H78O15/c1-3-5-7-9-11-13-15-17-19-21-23-25-27-29-38(49)57-32-35(60-39(50)30-28-26-24-22-20-18-16-14-12-10-8-6-4-2)33-58-46-45(56)43(54)41(52)37(62-46)34-59-47-44(55)42(53)40(51)36(31-48)61-47/h6,8,10,12,14,16-17,19,23,25,35-37,40-48,51-56H,3-5,7,9,11,13,15,18,20-22,24,26-34H2,1-2H3/b8-6+,12-10+,16-14+,19-17+,25-23+/t35?,36-,37-,40+,41+,42?,43?,44?,45?,46-,47-/m1/s1. The quantitative estimate of drug-likeness (QED) is 0.0201. The van der Waals surface area contributed by atoms with Crippen LogP contribution in [0, 0.1) is 0 Å². The van der Waals surface area contributed by atoms with E-state index in [4.69, 9.17) is 28.4 Å². The van der Waals surface area contributed by atoms with Crippen molar-refractivity contribution >= 4 is 11.9 Å². The Labute approximate surface area is 369 Å². The molecular formula is C47H78O15. The molecule has 2 saturated heterocycles. The monoisotopic (exact) mass is 883 g/mol. The van der Waals surface area contributed by atoms with Crippen LogP contribution in [-0.4, -0.2) is 142 Å². The molecule has 2 aliphatic rings. The summed E-state index contributed by atoms with van der Waals surface area (Å²) < 4.78 is 33.3. The lowest BCUT2D eigenvalue weighted by molar-refractivity contribution is -0.332. The summed E-state index contributed by atoms with van der Waals surface area (Å²) in [6.45, 7) is 2.32. The van der Waals surface area contributed by atoms with Crippen molar-refractivity contribution in [3.8, 4) is 0 Å². The van der Waals surface area contributed by atoms with Crippen LogP contribution in [0.4, 0.5) is 0 Å². The van der Waals surface area contributed by atoms with Crippen LogP contribution in [0.25, 0.3) is 0 Å². The third-order valence-electron chi connectivity index (χ3n) is 10.6. The number of rotatable bonds is 33. The van der Waals surface area contributed by atoms with E-state index in [2.05, 4.69) is 38.2 Å². The number of hydrogen-bond acceptors (Lipinski definition) is 15. The molecule has 0 aromatic rings. The first-order valence-corrected chi connectivity index (χ1v) is 22.9. The van der Waals surface area contributed by atoms with Gasteiger partial charge in [0, 0.05) is 12.8 Å². The van der Waals surface area contributed by atoms with Crippen molar-refractivity contribution in [3.05, 3.63) is 60.8 Å². The molecule has 15 nitrogen and oxygen atoms in total. The van der Waals surface area contributed by atoms with Crippen molar-refractivity contribution in [2.45, 2.75) is 197 Å². The van der Waals surface area contributed by atoms with Crippen LogP contribution in [-0.2, 0) is 38.0 Å². The van der Waals surface area contributed by atoms with Crippen molar-refractivity contribution in [3.63, 3.8) is 0 Å². The SMILES string of the molecule is CC/C=C/C=C/C=C/CCCCCCCC(=O)OC(COC(=O)CC/C=C/C/C=C/CCCCCCCC)CO[C@@H]1O[C@H](CO[C@@H]2O[C@H](CO)[C@H](O)C(O)C2O)[C@H](O)C(O)C1O. The third-order valence-corrected chi connectivity index (χ3v) is 10.6. The van der Waals surface area contributed by atoms with Gasteiger partial charge in [-0.25, -0.2) is 0 Å². The lowest BCUT2D eigenvalue weighted by atomic mass is 9.98. The Morgan fingerprint density at radius 2 is 1.11 bits per heavy atom. The zero-order valence-electron chi connectivity index (χ0n) is 37.1. The highest BCUT2D eigenvalue weighted by molar-refractivity contribution is 5.70. The second-order valence-electron chi connectivity index (χ2n) is 15.9. The van der Waals surface area contributed by atoms with Gasteiger partial charge in [0.25, 0.3) is 0 Å². The van der Waals surface area contributed by atoms with Gasteiger partial charge in [-0.15, -0.1) is 0 Å². The van der Waals surface area contributed by atoms with Gasteiger partial charge in [-0.1, -0.05) is 126 Å². The summed E-state index contributed by atoms with van der Waals surface area (Å²) in [7, 11) is 0. The molecule has 2 aliphatic heterocycles. The van der Waals surface area contributed by atoms with Gasteiger partial charge in [-0.2, -0.15) is 0 Å². The molecule has 356 valence electrons. The highest BCUT2D eigenvalue weighted by Gasteiger charge is 2.47. The average Bonchev–Trinajstić information content (AvgIpc) is 3.26. The molecule has 0 spiro atoms. The topological polar surface area (TPSA) is 231 Å². The summed E-state index contributed by atoms with van der Waals surface area (Å²) in [6, 6.07) is 0. The van der Waals surface area contributed by atoms with E-state index in [-0.39, 0.29) is 19.4 Å². The molecule has 0 amide bonds. The predicted octanol–water partition coefficient (Wildman–Crippen LogP) is 4.92. The zero-order chi connectivity index (χ0) is 45.4. The fourth-order valence-corrected chi connectivity index (χ4v) is 6.74. The number of ether oxygens (including phenoxy) is 6. The fraction of sp³-hybridized carbons (Fsp3) is 0.745. The van der Waals surface area contributed by atoms with E-state index in [0.717, 1.165) is 51.4 Å². The number of carbonyl (C=O) groups excluding carboxylic acids is 2. The number of carbonyl (C=O) groups is 2. The molecule has 0 aliphatic carbocycles. The summed E-state index contributed by atoms with van der Waals surface area (Å²) in [5.41, 5.74) is 0. The molecule has 0 radical (unpaired) electrons. The highest BCUT2D eigenvalue weighted by Crippen LogP contribution is 2.26. The molecule has 0 bridgehead atoms. The van der Waals surface area contributed by atoms with Crippen LogP contribution in [0.5, 0.6) is 0 Å². The lowest BCUT2D eigenvalue weighted by Gasteiger charge is -2.42. The third kappa shape index (κ3) is 23.2. The van der Waals surface area contributed by atoms with Crippen LogP contribution in [0.15, 0.2) is 60.8 Å². The molecule has 15 heteroatoms. The smallest absolute Gasteiger partial charge is 0.306 e. The summed E-state index contributed by atoms with van der Waals surface area (Å²) >= 11 is 0. The van der Waals surface area contributed by atoms with Gasteiger partial charge >= 0.3 is 11.9 Å². The van der Waals surface area contributed by atoms with Crippen molar-refractivity contribution in [1.29, 1.82) is 0 Å². The minimum Gasteiger partial charge on any atom is -0.462 e. The summed E-state index contributed by atoms with van der Waals surface area (Å²) in [5.74, 6) is -1.04. The summed E-state index contributed by atoms with van der Waals surface area (Å²) in [5, 5.41) is 71.8. The van der Waals surface area contributed by atoms with E-state index in [1.54, 1.807) is 0 Å². The maximum Gasteiger partial charge on any atom is 0.306 e. The second-order valence-corrected chi connectivity index (χ2v) is 15.9. The summed E-state index contributed by atoms with van der Waals surface area (Å²) in [6.07, 6.45) is 20.0. The minimum absolute atomic E-state index is 0.104. The van der Waals surface area contributed by atoms with E-state index >= 15 is 0 Å². The molecule has 11 atom stereocenters.